The maximum absolute atomic E-state index is 12.8. The van der Waals surface area contributed by atoms with Crippen molar-refractivity contribution in [3.8, 4) is 11.5 Å². The highest BCUT2D eigenvalue weighted by Gasteiger charge is 2.29. The molecule has 0 aliphatic carbocycles. The minimum atomic E-state index is -2.27. The molecular formula is C44H54N4O10. The first-order chi connectivity index (χ1) is 27.9. The minimum Gasteiger partial charge on any atom is -0.497 e. The van der Waals surface area contributed by atoms with E-state index in [4.69, 9.17) is 29.9 Å². The molecule has 6 rings (SSSR count). The van der Waals surface area contributed by atoms with Crippen LogP contribution in [0.25, 0.3) is 21.8 Å². The Morgan fingerprint density at radius 2 is 1.10 bits per heavy atom. The summed E-state index contributed by atoms with van der Waals surface area (Å²) in [7, 11) is 3.26. The van der Waals surface area contributed by atoms with Gasteiger partial charge in [0.2, 0.25) is 0 Å². The number of nitrogens with one attached hydrogen (secondary N) is 2. The molecule has 14 heteroatoms. The largest absolute Gasteiger partial charge is 0.497 e. The Kier molecular flexibility index (Phi) is 17.5. The van der Waals surface area contributed by atoms with E-state index >= 15 is 0 Å². The summed E-state index contributed by atoms with van der Waals surface area (Å²) in [6, 6.07) is 15.0. The maximum atomic E-state index is 12.8. The third kappa shape index (κ3) is 12.2. The van der Waals surface area contributed by atoms with E-state index in [2.05, 4.69) is 33.8 Å². The smallest absolute Gasteiger partial charge is 0.335 e. The Balaban J connectivity index is 0.000000209. The molecule has 2 aliphatic heterocycles. The molecule has 6 N–H and O–H groups in total. The van der Waals surface area contributed by atoms with Gasteiger partial charge in [0.25, 0.3) is 0 Å². The number of benzene rings is 2. The molecule has 2 aliphatic rings. The Morgan fingerprint density at radius 3 is 1.45 bits per heavy atom. The van der Waals surface area contributed by atoms with Gasteiger partial charge in [0.05, 0.1) is 25.3 Å². The number of aliphatic hydroxyl groups excluding tert-OH is 2. The SMILES string of the molecule is C=C[C@H]1CNCC[C@@H]1CCC(=O)c1ccnc2ccc(OC)cc12.C=C[C@H]1CNCC[C@@H]1CCC(=O)c1ccnc2ccc(OC)cc12.O=C(O)[C@H](O)[C@@H](O)C(=O)O. The summed E-state index contributed by atoms with van der Waals surface area (Å²) in [4.78, 5) is 53.8. The molecule has 4 heterocycles. The highest BCUT2D eigenvalue weighted by Crippen LogP contribution is 2.30. The lowest BCUT2D eigenvalue weighted by atomic mass is 9.82. The molecule has 58 heavy (non-hydrogen) atoms. The number of pyridine rings is 2. The van der Waals surface area contributed by atoms with Gasteiger partial charge in [-0.2, -0.15) is 0 Å². The summed E-state index contributed by atoms with van der Waals surface area (Å²) in [5.41, 5.74) is 3.13. The molecule has 0 bridgehead atoms. The number of aromatic nitrogens is 2. The van der Waals surface area contributed by atoms with E-state index in [-0.39, 0.29) is 11.6 Å². The maximum Gasteiger partial charge on any atom is 0.335 e. The van der Waals surface area contributed by atoms with Crippen molar-refractivity contribution in [3.05, 3.63) is 97.4 Å². The normalized spacial score (nSPS) is 19.9. The summed E-state index contributed by atoms with van der Waals surface area (Å²) < 4.78 is 10.6. The van der Waals surface area contributed by atoms with Crippen molar-refractivity contribution in [3.63, 3.8) is 0 Å². The number of nitrogens with zero attached hydrogens (tertiary/aromatic N) is 2. The first-order valence-electron chi connectivity index (χ1n) is 19.3. The molecule has 4 aromatic rings. The van der Waals surface area contributed by atoms with Gasteiger partial charge < -0.3 is 40.5 Å². The fraction of sp³-hybridized carbons (Fsp3) is 0.409. The average molecular weight is 799 g/mol. The number of aliphatic carboxylic acids is 2. The second kappa shape index (κ2) is 22.4. The number of methoxy groups -OCH3 is 2. The van der Waals surface area contributed by atoms with Gasteiger partial charge in [-0.1, -0.05) is 12.2 Å². The quantitative estimate of drug-likeness (QED) is 0.0681. The molecule has 2 aromatic heterocycles. The fourth-order valence-electron chi connectivity index (χ4n) is 7.31. The molecule has 0 unspecified atom stereocenters. The van der Waals surface area contributed by atoms with Gasteiger partial charge in [-0.15, -0.1) is 13.2 Å². The molecule has 0 amide bonds. The molecule has 2 aromatic carbocycles. The minimum absolute atomic E-state index is 0.178. The van der Waals surface area contributed by atoms with Crippen LogP contribution in [-0.4, -0.2) is 107 Å². The molecular weight excluding hydrogens is 745 g/mol. The van der Waals surface area contributed by atoms with Crippen molar-refractivity contribution in [2.75, 3.05) is 40.4 Å². The highest BCUT2D eigenvalue weighted by molar-refractivity contribution is 6.08. The predicted octanol–water partition coefficient (Wildman–Crippen LogP) is 5.11. The molecule has 0 radical (unpaired) electrons. The van der Waals surface area contributed by atoms with Crippen LogP contribution in [-0.2, 0) is 9.59 Å². The monoisotopic (exact) mass is 798 g/mol. The van der Waals surface area contributed by atoms with Gasteiger partial charge in [0.1, 0.15) is 11.5 Å². The molecule has 2 saturated heterocycles. The van der Waals surface area contributed by atoms with Crippen LogP contribution in [0.4, 0.5) is 0 Å². The van der Waals surface area contributed by atoms with E-state index in [0.717, 1.165) is 96.3 Å². The number of carboxylic acid groups (broad SMARTS) is 2. The summed E-state index contributed by atoms with van der Waals surface area (Å²) in [6.45, 7) is 11.9. The van der Waals surface area contributed by atoms with E-state index in [9.17, 15) is 19.2 Å². The number of aliphatic hydroxyl groups is 2. The highest BCUT2D eigenvalue weighted by atomic mass is 16.5. The summed E-state index contributed by atoms with van der Waals surface area (Å²) >= 11 is 0. The number of hydrogen-bond donors (Lipinski definition) is 6. The molecule has 6 atom stereocenters. The van der Waals surface area contributed by atoms with Crippen LogP contribution >= 0.6 is 0 Å². The number of carbonyl (C=O) groups excluding carboxylic acids is 2. The van der Waals surface area contributed by atoms with Gasteiger partial charge >= 0.3 is 11.9 Å². The third-order valence-electron chi connectivity index (χ3n) is 10.7. The van der Waals surface area contributed by atoms with Crippen molar-refractivity contribution < 1.29 is 49.1 Å². The van der Waals surface area contributed by atoms with Crippen LogP contribution in [0, 0.1) is 23.7 Å². The zero-order valence-electron chi connectivity index (χ0n) is 33.0. The second-order valence-corrected chi connectivity index (χ2v) is 14.3. The van der Waals surface area contributed by atoms with E-state index < -0.39 is 24.1 Å². The average Bonchev–Trinajstić information content (AvgIpc) is 3.26. The van der Waals surface area contributed by atoms with Gasteiger partial charge in [-0.25, -0.2) is 9.59 Å². The summed E-state index contributed by atoms with van der Waals surface area (Å²) in [6.07, 6.45) is 8.08. The number of carboxylic acids is 2. The van der Waals surface area contributed by atoms with Gasteiger partial charge in [-0.3, -0.25) is 19.6 Å². The molecule has 0 spiro atoms. The van der Waals surface area contributed by atoms with Crippen LogP contribution in [0.2, 0.25) is 0 Å². The lowest BCUT2D eigenvalue weighted by Gasteiger charge is -2.29. The second-order valence-electron chi connectivity index (χ2n) is 14.3. The first-order valence-corrected chi connectivity index (χ1v) is 19.3. The van der Waals surface area contributed by atoms with Gasteiger partial charge in [0.15, 0.2) is 23.8 Å². The van der Waals surface area contributed by atoms with E-state index in [1.165, 1.54) is 0 Å². The standard InChI is InChI=1S/2C20H24N2O2.C4H6O6/c2*1-3-14-13-21-10-8-15(14)4-7-20(23)17-9-11-22-19-6-5-16(24-2)12-18(17)19;5-1(3(7)8)2(6)4(9)10/h2*3,5-6,9,11-12,14-15,21H,1,4,7-8,10,13H2,2H3;1-2,5-6H,(H,7,8)(H,9,10)/t2*14-,15-;1-,2-/m001/s1. The third-order valence-corrected chi connectivity index (χ3v) is 10.7. The van der Waals surface area contributed by atoms with Crippen LogP contribution < -0.4 is 20.1 Å². The molecule has 0 saturated carbocycles. The number of rotatable bonds is 15. The zero-order valence-corrected chi connectivity index (χ0v) is 33.0. The van der Waals surface area contributed by atoms with Crippen LogP contribution in [0.3, 0.4) is 0 Å². The number of ketones is 2. The lowest BCUT2D eigenvalue weighted by Crippen LogP contribution is -2.39. The number of piperidine rings is 2. The number of ether oxygens (including phenoxy) is 2. The first kappa shape index (κ1) is 45.2. The van der Waals surface area contributed by atoms with Crippen molar-refractivity contribution in [1.29, 1.82) is 0 Å². The Hall–Kier alpha value is -5.54. The van der Waals surface area contributed by atoms with Crippen molar-refractivity contribution >= 4 is 45.3 Å². The molecule has 310 valence electrons. The number of fused-ring (bicyclic) bond motifs is 2. The fourth-order valence-corrected chi connectivity index (χ4v) is 7.31. The summed E-state index contributed by atoms with van der Waals surface area (Å²) in [5.74, 6) is 0.301. The number of hydrogen-bond acceptors (Lipinski definition) is 12. The van der Waals surface area contributed by atoms with Crippen molar-refractivity contribution in [1.82, 2.24) is 20.6 Å². The van der Waals surface area contributed by atoms with Crippen molar-refractivity contribution in [2.24, 2.45) is 23.7 Å². The van der Waals surface area contributed by atoms with Gasteiger partial charge in [-0.05, 0) is 111 Å². The Morgan fingerprint density at radius 1 is 0.707 bits per heavy atom. The molecule has 14 nitrogen and oxygen atoms in total. The summed E-state index contributed by atoms with van der Waals surface area (Å²) in [5, 5.41) is 41.0. The lowest BCUT2D eigenvalue weighted by molar-refractivity contribution is -0.165. The van der Waals surface area contributed by atoms with E-state index in [0.29, 0.717) is 36.5 Å². The number of carbonyl (C=O) groups is 4. The van der Waals surface area contributed by atoms with Crippen LogP contribution in [0.15, 0.2) is 86.2 Å². The predicted molar refractivity (Wildman–Crippen MR) is 220 cm³/mol. The van der Waals surface area contributed by atoms with Crippen LogP contribution in [0.1, 0.15) is 59.2 Å². The topological polar surface area (TPSA) is 217 Å². The van der Waals surface area contributed by atoms with E-state index in [1.807, 2.05) is 60.7 Å². The van der Waals surface area contributed by atoms with E-state index in [1.54, 1.807) is 26.6 Å². The van der Waals surface area contributed by atoms with Crippen molar-refractivity contribution in [2.45, 2.75) is 50.7 Å². The van der Waals surface area contributed by atoms with Gasteiger partial charge in [0, 0.05) is 60.2 Å². The van der Waals surface area contributed by atoms with Crippen LogP contribution in [0.5, 0.6) is 11.5 Å². The molecule has 2 fully saturated rings. The number of Topliss-reactive ketones (excluding diaryl/α,β-unsaturated/α-hetero) is 2. The zero-order chi connectivity index (χ0) is 42.2. The Bertz CT molecular complexity index is 1910. The Labute approximate surface area is 338 Å².